The van der Waals surface area contributed by atoms with Crippen LogP contribution in [0.3, 0.4) is 0 Å². The molecular formula is C22H30F2. The summed E-state index contributed by atoms with van der Waals surface area (Å²) in [7, 11) is 0. The maximum Gasteiger partial charge on any atom is 0.166 e. The van der Waals surface area contributed by atoms with E-state index in [1.807, 2.05) is 6.92 Å². The van der Waals surface area contributed by atoms with Gasteiger partial charge in [-0.15, -0.1) is 0 Å². The summed E-state index contributed by atoms with van der Waals surface area (Å²) in [4.78, 5) is 0. The maximum atomic E-state index is 14.5. The quantitative estimate of drug-likeness (QED) is 0.348. The van der Waals surface area contributed by atoms with Crippen molar-refractivity contribution in [1.29, 1.82) is 0 Å². The monoisotopic (exact) mass is 332 g/mol. The molecule has 0 spiro atoms. The van der Waals surface area contributed by atoms with Crippen molar-refractivity contribution in [2.75, 3.05) is 0 Å². The lowest BCUT2D eigenvalue weighted by molar-refractivity contribution is 0.451. The first-order chi connectivity index (χ1) is 11.7. The predicted octanol–water partition coefficient (Wildman–Crippen LogP) is 7.24. The van der Waals surface area contributed by atoms with Crippen molar-refractivity contribution in [2.24, 2.45) is 5.92 Å². The molecule has 0 saturated heterocycles. The number of halogens is 2. The van der Waals surface area contributed by atoms with Gasteiger partial charge in [0, 0.05) is 5.56 Å². The molecule has 132 valence electrons. The SMILES string of the molecule is C/C=C/CCC1CC=C(c2ccc(CCCCC)c(F)c2F)CC1. The fourth-order valence-electron chi connectivity index (χ4n) is 3.49. The van der Waals surface area contributed by atoms with E-state index in [-0.39, 0.29) is 0 Å². The van der Waals surface area contributed by atoms with Crippen LogP contribution in [0, 0.1) is 17.6 Å². The molecule has 0 bridgehead atoms. The van der Waals surface area contributed by atoms with Gasteiger partial charge in [0.05, 0.1) is 0 Å². The fourth-order valence-corrected chi connectivity index (χ4v) is 3.49. The van der Waals surface area contributed by atoms with Gasteiger partial charge in [-0.1, -0.05) is 50.1 Å². The second kappa shape index (κ2) is 9.76. The minimum atomic E-state index is -0.650. The van der Waals surface area contributed by atoms with Crippen molar-refractivity contribution < 1.29 is 8.78 Å². The highest BCUT2D eigenvalue weighted by Gasteiger charge is 2.20. The molecule has 1 unspecified atom stereocenters. The van der Waals surface area contributed by atoms with Gasteiger partial charge in [-0.2, -0.15) is 0 Å². The molecule has 1 aliphatic carbocycles. The van der Waals surface area contributed by atoms with Gasteiger partial charge < -0.3 is 0 Å². The van der Waals surface area contributed by atoms with E-state index < -0.39 is 11.6 Å². The molecule has 0 amide bonds. The minimum Gasteiger partial charge on any atom is -0.203 e. The molecule has 1 aliphatic rings. The summed E-state index contributed by atoms with van der Waals surface area (Å²) in [6.07, 6.45) is 15.3. The van der Waals surface area contributed by atoms with Crippen LogP contribution < -0.4 is 0 Å². The van der Waals surface area contributed by atoms with Crippen LogP contribution in [0.25, 0.3) is 5.57 Å². The molecule has 0 aromatic heterocycles. The topological polar surface area (TPSA) is 0 Å². The van der Waals surface area contributed by atoms with Gasteiger partial charge in [0.15, 0.2) is 11.6 Å². The number of allylic oxidation sites excluding steroid dienone is 4. The highest BCUT2D eigenvalue weighted by atomic mass is 19.2. The molecule has 2 rings (SSSR count). The number of benzene rings is 1. The van der Waals surface area contributed by atoms with E-state index in [4.69, 9.17) is 0 Å². The molecule has 0 aliphatic heterocycles. The standard InChI is InChI=1S/C22H30F2/c1-3-5-7-9-17-11-13-18(14-12-17)20-16-15-19(10-8-6-4-2)21(23)22(20)24/h3,5,13,15-17H,4,6-12,14H2,1-2H3/b5-3+. The summed E-state index contributed by atoms with van der Waals surface area (Å²) in [5, 5.41) is 0. The number of hydrogen-bond acceptors (Lipinski definition) is 0. The normalized spacial score (nSPS) is 18.2. The van der Waals surface area contributed by atoms with Crippen LogP contribution in [0.5, 0.6) is 0 Å². The first-order valence-corrected chi connectivity index (χ1v) is 9.44. The Balaban J connectivity index is 2.03. The average Bonchev–Trinajstić information content (AvgIpc) is 2.60. The zero-order chi connectivity index (χ0) is 17.4. The van der Waals surface area contributed by atoms with E-state index >= 15 is 0 Å². The van der Waals surface area contributed by atoms with E-state index in [1.165, 1.54) is 6.42 Å². The van der Waals surface area contributed by atoms with E-state index in [1.54, 1.807) is 12.1 Å². The van der Waals surface area contributed by atoms with Gasteiger partial charge in [0.1, 0.15) is 0 Å². The van der Waals surface area contributed by atoms with Crippen molar-refractivity contribution in [3.8, 4) is 0 Å². The lowest BCUT2D eigenvalue weighted by Gasteiger charge is -2.22. The van der Waals surface area contributed by atoms with Gasteiger partial charge in [0.25, 0.3) is 0 Å². The third kappa shape index (κ3) is 5.03. The van der Waals surface area contributed by atoms with Crippen molar-refractivity contribution in [1.82, 2.24) is 0 Å². The Morgan fingerprint density at radius 2 is 2.00 bits per heavy atom. The summed E-state index contributed by atoms with van der Waals surface area (Å²) in [5.74, 6) is -0.617. The molecule has 0 N–H and O–H groups in total. The summed E-state index contributed by atoms with van der Waals surface area (Å²) in [6.45, 7) is 4.16. The zero-order valence-electron chi connectivity index (χ0n) is 15.1. The van der Waals surface area contributed by atoms with Gasteiger partial charge >= 0.3 is 0 Å². The first-order valence-electron chi connectivity index (χ1n) is 9.44. The van der Waals surface area contributed by atoms with Crippen molar-refractivity contribution >= 4 is 5.57 Å². The molecule has 1 atom stereocenters. The average molecular weight is 332 g/mol. The predicted molar refractivity (Wildman–Crippen MR) is 99.0 cm³/mol. The highest BCUT2D eigenvalue weighted by molar-refractivity contribution is 5.67. The largest absolute Gasteiger partial charge is 0.203 e. The lowest BCUT2D eigenvalue weighted by atomic mass is 9.84. The zero-order valence-corrected chi connectivity index (χ0v) is 15.1. The Bertz CT molecular complexity index is 584. The van der Waals surface area contributed by atoms with Crippen LogP contribution in [0.15, 0.2) is 30.4 Å². The number of hydrogen-bond donors (Lipinski definition) is 0. The fraction of sp³-hybridized carbons (Fsp3) is 0.545. The Labute approximate surface area is 145 Å². The number of aryl methyl sites for hydroxylation is 1. The summed E-state index contributed by atoms with van der Waals surface area (Å²) >= 11 is 0. The second-order valence-corrected chi connectivity index (χ2v) is 6.87. The molecular weight excluding hydrogens is 302 g/mol. The first kappa shape index (κ1) is 18.9. The van der Waals surface area contributed by atoms with E-state index in [2.05, 4.69) is 25.2 Å². The Morgan fingerprint density at radius 1 is 1.17 bits per heavy atom. The highest BCUT2D eigenvalue weighted by Crippen LogP contribution is 2.34. The molecule has 24 heavy (non-hydrogen) atoms. The van der Waals surface area contributed by atoms with Crippen LogP contribution in [0.1, 0.15) is 76.3 Å². The van der Waals surface area contributed by atoms with Crippen molar-refractivity contribution in [3.05, 3.63) is 53.1 Å². The minimum absolute atomic E-state index is 0.471. The van der Waals surface area contributed by atoms with Crippen LogP contribution in [-0.2, 0) is 6.42 Å². The lowest BCUT2D eigenvalue weighted by Crippen LogP contribution is -2.07. The Hall–Kier alpha value is -1.44. The van der Waals surface area contributed by atoms with Crippen LogP contribution in [0.4, 0.5) is 8.78 Å². The summed E-state index contributed by atoms with van der Waals surface area (Å²) < 4.78 is 28.8. The number of unbranched alkanes of at least 4 members (excludes halogenated alkanes) is 2. The van der Waals surface area contributed by atoms with E-state index in [0.717, 1.165) is 50.5 Å². The molecule has 0 saturated carbocycles. The third-order valence-corrected chi connectivity index (χ3v) is 5.05. The van der Waals surface area contributed by atoms with Gasteiger partial charge in [-0.05, 0) is 68.9 Å². The molecule has 0 heterocycles. The van der Waals surface area contributed by atoms with Crippen LogP contribution >= 0.6 is 0 Å². The number of rotatable bonds is 8. The van der Waals surface area contributed by atoms with E-state index in [0.29, 0.717) is 23.5 Å². The van der Waals surface area contributed by atoms with Gasteiger partial charge in [-0.25, -0.2) is 8.78 Å². The maximum absolute atomic E-state index is 14.5. The molecule has 0 radical (unpaired) electrons. The Kier molecular flexibility index (Phi) is 7.68. The molecule has 1 aromatic carbocycles. The molecule has 0 fully saturated rings. The molecule has 2 heteroatoms. The third-order valence-electron chi connectivity index (χ3n) is 5.05. The Morgan fingerprint density at radius 3 is 2.67 bits per heavy atom. The molecule has 1 aromatic rings. The van der Waals surface area contributed by atoms with Crippen LogP contribution in [-0.4, -0.2) is 0 Å². The van der Waals surface area contributed by atoms with E-state index in [9.17, 15) is 8.78 Å². The van der Waals surface area contributed by atoms with Gasteiger partial charge in [0.2, 0.25) is 0 Å². The second-order valence-electron chi connectivity index (χ2n) is 6.87. The van der Waals surface area contributed by atoms with Gasteiger partial charge in [-0.3, -0.25) is 0 Å². The summed E-state index contributed by atoms with van der Waals surface area (Å²) in [6, 6.07) is 3.56. The molecule has 0 nitrogen and oxygen atoms in total. The van der Waals surface area contributed by atoms with Crippen molar-refractivity contribution in [3.63, 3.8) is 0 Å². The van der Waals surface area contributed by atoms with Crippen molar-refractivity contribution in [2.45, 2.75) is 71.6 Å². The van der Waals surface area contributed by atoms with Crippen LogP contribution in [0.2, 0.25) is 0 Å². The smallest absolute Gasteiger partial charge is 0.166 e. The summed E-state index contributed by atoms with van der Waals surface area (Å²) in [5.41, 5.74) is 1.97.